The Morgan fingerprint density at radius 3 is 2.49 bits per heavy atom. The van der Waals surface area contributed by atoms with Crippen LogP contribution in [0.15, 0.2) is 52.1 Å². The monoisotopic (exact) mass is 520 g/mol. The number of hydrazone groups is 1. The van der Waals surface area contributed by atoms with Crippen molar-refractivity contribution in [2.24, 2.45) is 10.1 Å². The molecule has 2 aliphatic heterocycles. The van der Waals surface area contributed by atoms with E-state index < -0.39 is 5.91 Å². The zero-order valence-corrected chi connectivity index (χ0v) is 22.5. The summed E-state index contributed by atoms with van der Waals surface area (Å²) in [5, 5.41) is 15.8. The lowest BCUT2D eigenvalue weighted by molar-refractivity contribution is -0.114. The molecule has 194 valence electrons. The number of thioether (sulfide) groups is 1. The Bertz CT molecular complexity index is 1260. The van der Waals surface area contributed by atoms with Crippen molar-refractivity contribution in [1.29, 1.82) is 5.41 Å². The van der Waals surface area contributed by atoms with Gasteiger partial charge in [0.15, 0.2) is 17.3 Å². The molecule has 37 heavy (non-hydrogen) atoms. The number of amidine groups is 2. The van der Waals surface area contributed by atoms with Crippen LogP contribution in [0, 0.1) is 19.3 Å². The van der Waals surface area contributed by atoms with E-state index in [1.54, 1.807) is 18.2 Å². The van der Waals surface area contributed by atoms with Crippen molar-refractivity contribution in [3.8, 4) is 17.2 Å². The van der Waals surface area contributed by atoms with Gasteiger partial charge in [-0.3, -0.25) is 10.2 Å². The molecule has 0 spiro atoms. The molecule has 0 bridgehead atoms. The van der Waals surface area contributed by atoms with Crippen LogP contribution in [0.2, 0.25) is 0 Å². The summed E-state index contributed by atoms with van der Waals surface area (Å²) in [6, 6.07) is 11.5. The van der Waals surface area contributed by atoms with Crippen LogP contribution in [-0.4, -0.2) is 46.8 Å². The molecule has 9 heteroatoms. The molecule has 2 heterocycles. The number of hydrogen-bond donors (Lipinski definition) is 1. The van der Waals surface area contributed by atoms with Gasteiger partial charge in [0.05, 0.1) is 12.2 Å². The molecule has 0 saturated carbocycles. The van der Waals surface area contributed by atoms with Gasteiger partial charge in [0.1, 0.15) is 24.0 Å². The number of carbonyl (C=O) groups excluding carboxylic acids is 1. The van der Waals surface area contributed by atoms with E-state index in [-0.39, 0.29) is 11.4 Å². The summed E-state index contributed by atoms with van der Waals surface area (Å²) in [5.74, 6) is 1.53. The minimum Gasteiger partial charge on any atom is -0.490 e. The van der Waals surface area contributed by atoms with Crippen LogP contribution in [0.25, 0.3) is 6.08 Å². The van der Waals surface area contributed by atoms with Gasteiger partial charge in [-0.05, 0) is 92.4 Å². The second kappa shape index (κ2) is 12.1. The number of benzene rings is 2. The van der Waals surface area contributed by atoms with Crippen LogP contribution in [0.5, 0.6) is 17.2 Å². The van der Waals surface area contributed by atoms with Gasteiger partial charge in [-0.2, -0.15) is 15.1 Å². The molecule has 0 aromatic heterocycles. The maximum absolute atomic E-state index is 12.7. The van der Waals surface area contributed by atoms with Gasteiger partial charge in [0, 0.05) is 0 Å². The summed E-state index contributed by atoms with van der Waals surface area (Å²) in [7, 11) is 0. The van der Waals surface area contributed by atoms with Gasteiger partial charge in [0.2, 0.25) is 5.17 Å². The van der Waals surface area contributed by atoms with E-state index in [1.165, 1.54) is 16.8 Å². The zero-order valence-electron chi connectivity index (χ0n) is 21.7. The average Bonchev–Trinajstić information content (AvgIpc) is 3.26. The fraction of sp³-hybridized carbons (Fsp3) is 0.357. The quantitative estimate of drug-likeness (QED) is 0.290. The Morgan fingerprint density at radius 2 is 1.76 bits per heavy atom. The van der Waals surface area contributed by atoms with Crippen molar-refractivity contribution < 1.29 is 19.0 Å². The highest BCUT2D eigenvalue weighted by atomic mass is 32.2. The van der Waals surface area contributed by atoms with Crippen molar-refractivity contribution in [3.63, 3.8) is 0 Å². The zero-order chi connectivity index (χ0) is 26.4. The number of nitrogens with zero attached hydrogens (tertiary/aromatic N) is 3. The van der Waals surface area contributed by atoms with Crippen LogP contribution in [-0.2, 0) is 4.79 Å². The molecule has 1 amide bonds. The van der Waals surface area contributed by atoms with Gasteiger partial charge in [0.25, 0.3) is 5.91 Å². The molecule has 0 saturated heterocycles. The number of carbonyl (C=O) groups is 1. The second-order valence-electron chi connectivity index (χ2n) is 8.78. The highest BCUT2D eigenvalue weighted by molar-refractivity contribution is 8.26. The predicted molar refractivity (Wildman–Crippen MR) is 149 cm³/mol. The fourth-order valence-corrected chi connectivity index (χ4v) is 4.88. The standard InChI is InChI=1S/C28H32N4O4S/c1-5-7-8-25-31-32-26(29)22(27(33)30-28(32)37-25)16-20-9-10-23(24(17-20)34-6-2)36-12-11-35-21-14-18(3)13-19(4)15-21/h9-10,13-17,29H,5-8,11-12H2,1-4H3/b22-16-,29-26?. The van der Waals surface area contributed by atoms with Gasteiger partial charge in [-0.15, -0.1) is 0 Å². The van der Waals surface area contributed by atoms with Crippen molar-refractivity contribution in [2.45, 2.75) is 47.0 Å². The van der Waals surface area contributed by atoms with Crippen molar-refractivity contribution in [3.05, 3.63) is 58.7 Å². The Kier molecular flexibility index (Phi) is 8.66. The lowest BCUT2D eigenvalue weighted by Crippen LogP contribution is -2.35. The van der Waals surface area contributed by atoms with Crippen molar-refractivity contribution >= 4 is 39.8 Å². The van der Waals surface area contributed by atoms with E-state index in [2.05, 4.69) is 23.1 Å². The van der Waals surface area contributed by atoms with Crippen LogP contribution in [0.3, 0.4) is 0 Å². The number of aryl methyl sites for hydroxylation is 2. The molecule has 4 rings (SSSR count). The maximum atomic E-state index is 12.7. The molecule has 2 aromatic rings. The lowest BCUT2D eigenvalue weighted by atomic mass is 10.1. The molecule has 8 nitrogen and oxygen atoms in total. The number of unbranched alkanes of at least 4 members (excludes halogenated alkanes) is 1. The predicted octanol–water partition coefficient (Wildman–Crippen LogP) is 5.97. The van der Waals surface area contributed by atoms with Gasteiger partial charge < -0.3 is 14.2 Å². The lowest BCUT2D eigenvalue weighted by Gasteiger charge is -2.20. The van der Waals surface area contributed by atoms with E-state index in [9.17, 15) is 4.79 Å². The topological polar surface area (TPSA) is 96.6 Å². The summed E-state index contributed by atoms with van der Waals surface area (Å²) in [5.41, 5.74) is 3.19. The van der Waals surface area contributed by atoms with Crippen LogP contribution in [0.1, 0.15) is 49.8 Å². The minimum absolute atomic E-state index is 0.0239. The van der Waals surface area contributed by atoms with Crippen molar-refractivity contribution in [1.82, 2.24) is 5.01 Å². The summed E-state index contributed by atoms with van der Waals surface area (Å²) in [4.78, 5) is 16.9. The van der Waals surface area contributed by atoms with Crippen molar-refractivity contribution in [2.75, 3.05) is 19.8 Å². The smallest absolute Gasteiger partial charge is 0.283 e. The molecular weight excluding hydrogens is 488 g/mol. The van der Waals surface area contributed by atoms with E-state index in [1.807, 2.05) is 39.0 Å². The van der Waals surface area contributed by atoms with Gasteiger partial charge in [-0.1, -0.05) is 25.5 Å². The number of rotatable bonds is 11. The first-order chi connectivity index (χ1) is 17.9. The number of aliphatic imine (C=N–C) groups is 1. The Balaban J connectivity index is 1.45. The highest BCUT2D eigenvalue weighted by Gasteiger charge is 2.35. The first-order valence-electron chi connectivity index (χ1n) is 12.5. The van der Waals surface area contributed by atoms with Gasteiger partial charge in [-0.25, -0.2) is 0 Å². The SMILES string of the molecule is CCCCC1=NN2C(=N)/C(=C/c3ccc(OCCOc4cc(C)cc(C)c4)c(OCC)c3)C(=O)N=C2S1. The van der Waals surface area contributed by atoms with Crippen LogP contribution >= 0.6 is 11.8 Å². The molecule has 0 unspecified atom stereocenters. The normalized spacial score (nSPS) is 16.0. The Hall–Kier alpha value is -3.59. The third-order valence-corrected chi connectivity index (χ3v) is 6.59. The van der Waals surface area contributed by atoms with E-state index in [0.29, 0.717) is 42.1 Å². The summed E-state index contributed by atoms with van der Waals surface area (Å²) >= 11 is 1.36. The molecule has 2 aliphatic rings. The first-order valence-corrected chi connectivity index (χ1v) is 13.3. The number of ether oxygens (including phenoxy) is 3. The molecular formula is C28H32N4O4S. The Morgan fingerprint density at radius 1 is 1.00 bits per heavy atom. The van der Waals surface area contributed by atoms with Crippen LogP contribution < -0.4 is 14.2 Å². The van der Waals surface area contributed by atoms with Gasteiger partial charge >= 0.3 is 0 Å². The third-order valence-electron chi connectivity index (χ3n) is 5.62. The fourth-order valence-electron chi connectivity index (χ4n) is 3.96. The number of fused-ring (bicyclic) bond motifs is 1. The highest BCUT2D eigenvalue weighted by Crippen LogP contribution is 2.32. The Labute approximate surface area is 221 Å². The molecule has 0 fully saturated rings. The number of nitrogens with one attached hydrogen (secondary N) is 1. The third kappa shape index (κ3) is 6.60. The molecule has 0 atom stereocenters. The largest absolute Gasteiger partial charge is 0.490 e. The molecule has 0 radical (unpaired) electrons. The molecule has 2 aromatic carbocycles. The minimum atomic E-state index is -0.447. The van der Waals surface area contributed by atoms with Crippen LogP contribution in [0.4, 0.5) is 0 Å². The average molecular weight is 521 g/mol. The summed E-state index contributed by atoms with van der Waals surface area (Å²) in [6.45, 7) is 9.28. The second-order valence-corrected chi connectivity index (χ2v) is 9.82. The summed E-state index contributed by atoms with van der Waals surface area (Å²) in [6.07, 6.45) is 4.51. The molecule has 1 N–H and O–H groups in total. The number of hydrogen-bond acceptors (Lipinski definition) is 7. The van der Waals surface area contributed by atoms with E-state index in [4.69, 9.17) is 19.6 Å². The summed E-state index contributed by atoms with van der Waals surface area (Å²) < 4.78 is 17.6. The van der Waals surface area contributed by atoms with E-state index in [0.717, 1.165) is 41.2 Å². The first kappa shape index (κ1) is 26.5. The van der Waals surface area contributed by atoms with E-state index >= 15 is 0 Å². The maximum Gasteiger partial charge on any atom is 0.283 e. The number of amides is 1. The molecule has 0 aliphatic carbocycles.